The maximum absolute atomic E-state index is 13.0. The Bertz CT molecular complexity index is 335. The smallest absolute Gasteiger partial charge is 0.231 e. The van der Waals surface area contributed by atoms with Gasteiger partial charge in [0, 0.05) is 30.7 Å². The Labute approximate surface area is 127 Å². The van der Waals surface area contributed by atoms with Crippen LogP contribution in [-0.4, -0.2) is 61.2 Å². The number of hydrogen-bond acceptors (Lipinski definition) is 4. The first-order valence-electron chi connectivity index (χ1n) is 7.62. The third-order valence-electron chi connectivity index (χ3n) is 4.56. The molecule has 0 saturated carbocycles. The fourth-order valence-electron chi connectivity index (χ4n) is 3.16. The van der Waals surface area contributed by atoms with E-state index in [1.54, 1.807) is 7.11 Å². The minimum Gasteiger partial charge on any atom is -0.384 e. The highest BCUT2D eigenvalue weighted by molar-refractivity contribution is 8.00. The molecule has 4 nitrogen and oxygen atoms in total. The van der Waals surface area contributed by atoms with E-state index in [2.05, 4.69) is 24.1 Å². The number of nitrogens with one attached hydrogen (secondary N) is 1. The molecule has 2 aliphatic heterocycles. The van der Waals surface area contributed by atoms with Crippen LogP contribution < -0.4 is 5.32 Å². The molecule has 2 aliphatic rings. The summed E-state index contributed by atoms with van der Waals surface area (Å²) in [6.45, 7) is 8.72. The zero-order chi connectivity index (χ0) is 14.6. The van der Waals surface area contributed by atoms with Crippen LogP contribution in [0.3, 0.4) is 0 Å². The molecule has 0 aromatic carbocycles. The van der Waals surface area contributed by atoms with Gasteiger partial charge in [-0.15, -0.1) is 0 Å². The van der Waals surface area contributed by atoms with Crippen molar-refractivity contribution in [1.29, 1.82) is 0 Å². The fourth-order valence-corrected chi connectivity index (χ4v) is 4.26. The standard InChI is InChI=1S/C15H28N2O2S/c1-14(2)6-9-17(10-11-20-14)13(18)15(12-19-3)4-7-16-8-5-15/h16H,4-12H2,1-3H3. The summed E-state index contributed by atoms with van der Waals surface area (Å²) >= 11 is 1.98. The zero-order valence-corrected chi connectivity index (χ0v) is 13.9. The van der Waals surface area contributed by atoms with Crippen LogP contribution in [0, 0.1) is 5.41 Å². The Morgan fingerprint density at radius 3 is 2.60 bits per heavy atom. The van der Waals surface area contributed by atoms with E-state index < -0.39 is 0 Å². The van der Waals surface area contributed by atoms with E-state index in [4.69, 9.17) is 4.74 Å². The van der Waals surface area contributed by atoms with E-state index in [1.165, 1.54) is 0 Å². The fraction of sp³-hybridized carbons (Fsp3) is 0.933. The highest BCUT2D eigenvalue weighted by Gasteiger charge is 2.42. The molecule has 0 radical (unpaired) electrons. The van der Waals surface area contributed by atoms with Gasteiger partial charge in [0.15, 0.2) is 0 Å². The van der Waals surface area contributed by atoms with E-state index in [0.717, 1.165) is 51.2 Å². The molecular weight excluding hydrogens is 272 g/mol. The largest absolute Gasteiger partial charge is 0.384 e. The van der Waals surface area contributed by atoms with Crippen LogP contribution in [0.15, 0.2) is 0 Å². The van der Waals surface area contributed by atoms with Crippen LogP contribution >= 0.6 is 11.8 Å². The van der Waals surface area contributed by atoms with Gasteiger partial charge in [0.2, 0.25) is 5.91 Å². The number of carbonyl (C=O) groups excluding carboxylic acids is 1. The average molecular weight is 300 g/mol. The number of thioether (sulfide) groups is 1. The number of amides is 1. The van der Waals surface area contributed by atoms with Crippen molar-refractivity contribution < 1.29 is 9.53 Å². The van der Waals surface area contributed by atoms with Gasteiger partial charge in [-0.05, 0) is 32.4 Å². The molecule has 2 heterocycles. The van der Waals surface area contributed by atoms with E-state index in [9.17, 15) is 4.79 Å². The molecule has 0 aromatic heterocycles. The van der Waals surface area contributed by atoms with Crippen molar-refractivity contribution in [2.75, 3.05) is 45.6 Å². The van der Waals surface area contributed by atoms with Crippen molar-refractivity contribution in [3.63, 3.8) is 0 Å². The second-order valence-electron chi connectivity index (χ2n) is 6.61. The van der Waals surface area contributed by atoms with Crippen molar-refractivity contribution >= 4 is 17.7 Å². The van der Waals surface area contributed by atoms with Crippen LogP contribution in [0.2, 0.25) is 0 Å². The molecule has 1 N–H and O–H groups in total. The molecule has 2 fully saturated rings. The monoisotopic (exact) mass is 300 g/mol. The molecule has 116 valence electrons. The highest BCUT2D eigenvalue weighted by atomic mass is 32.2. The Hall–Kier alpha value is -0.260. The molecule has 2 rings (SSSR count). The van der Waals surface area contributed by atoms with Gasteiger partial charge < -0.3 is 15.0 Å². The van der Waals surface area contributed by atoms with Gasteiger partial charge in [0.05, 0.1) is 12.0 Å². The van der Waals surface area contributed by atoms with Crippen molar-refractivity contribution in [2.24, 2.45) is 5.41 Å². The summed E-state index contributed by atoms with van der Waals surface area (Å²) in [7, 11) is 1.71. The summed E-state index contributed by atoms with van der Waals surface area (Å²) in [4.78, 5) is 15.1. The molecule has 1 amide bonds. The maximum atomic E-state index is 13.0. The minimum atomic E-state index is -0.293. The molecule has 2 saturated heterocycles. The van der Waals surface area contributed by atoms with Crippen LogP contribution in [0.5, 0.6) is 0 Å². The minimum absolute atomic E-state index is 0.289. The topological polar surface area (TPSA) is 41.6 Å². The second kappa shape index (κ2) is 6.67. The normalized spacial score (nSPS) is 26.1. The number of methoxy groups -OCH3 is 1. The van der Waals surface area contributed by atoms with Crippen molar-refractivity contribution in [3.05, 3.63) is 0 Å². The van der Waals surface area contributed by atoms with E-state index in [1.807, 2.05) is 11.8 Å². The van der Waals surface area contributed by atoms with Gasteiger partial charge in [-0.1, -0.05) is 13.8 Å². The molecule has 0 unspecified atom stereocenters. The summed E-state index contributed by atoms with van der Waals surface area (Å²) in [5, 5.41) is 3.35. The lowest BCUT2D eigenvalue weighted by Crippen LogP contribution is -2.52. The van der Waals surface area contributed by atoms with Gasteiger partial charge in [-0.3, -0.25) is 4.79 Å². The predicted octanol–water partition coefficient (Wildman–Crippen LogP) is 1.75. The summed E-state index contributed by atoms with van der Waals surface area (Å²) in [6.07, 6.45) is 2.87. The first kappa shape index (κ1) is 16.1. The number of ether oxygens (including phenoxy) is 1. The van der Waals surface area contributed by atoms with E-state index >= 15 is 0 Å². The van der Waals surface area contributed by atoms with E-state index in [0.29, 0.717) is 12.5 Å². The van der Waals surface area contributed by atoms with Gasteiger partial charge in [0.25, 0.3) is 0 Å². The molecular formula is C15H28N2O2S. The van der Waals surface area contributed by atoms with Crippen molar-refractivity contribution in [3.8, 4) is 0 Å². The number of carbonyl (C=O) groups is 1. The van der Waals surface area contributed by atoms with Crippen LogP contribution in [0.25, 0.3) is 0 Å². The number of rotatable bonds is 3. The van der Waals surface area contributed by atoms with Gasteiger partial charge >= 0.3 is 0 Å². The summed E-state index contributed by atoms with van der Waals surface area (Å²) < 4.78 is 5.68. The number of hydrogen-bond donors (Lipinski definition) is 1. The zero-order valence-electron chi connectivity index (χ0n) is 13.0. The molecule has 0 aromatic rings. The first-order valence-corrected chi connectivity index (χ1v) is 8.61. The molecule has 0 bridgehead atoms. The molecule has 20 heavy (non-hydrogen) atoms. The Balaban J connectivity index is 2.07. The summed E-state index contributed by atoms with van der Waals surface area (Å²) in [6, 6.07) is 0. The van der Waals surface area contributed by atoms with Crippen LogP contribution in [0.4, 0.5) is 0 Å². The maximum Gasteiger partial charge on any atom is 0.231 e. The number of nitrogens with zero attached hydrogens (tertiary/aromatic N) is 1. The van der Waals surface area contributed by atoms with Crippen LogP contribution in [-0.2, 0) is 9.53 Å². The molecule has 0 spiro atoms. The average Bonchev–Trinajstić information content (AvgIpc) is 2.60. The lowest BCUT2D eigenvalue weighted by atomic mass is 9.78. The predicted molar refractivity (Wildman–Crippen MR) is 84.1 cm³/mol. The molecule has 0 aliphatic carbocycles. The quantitative estimate of drug-likeness (QED) is 0.862. The Morgan fingerprint density at radius 1 is 1.25 bits per heavy atom. The van der Waals surface area contributed by atoms with Gasteiger partial charge in [-0.25, -0.2) is 0 Å². The molecule has 5 heteroatoms. The third kappa shape index (κ3) is 3.68. The van der Waals surface area contributed by atoms with Crippen molar-refractivity contribution in [1.82, 2.24) is 10.2 Å². The summed E-state index contributed by atoms with van der Waals surface area (Å²) in [5.74, 6) is 1.36. The summed E-state index contributed by atoms with van der Waals surface area (Å²) in [5.41, 5.74) is -0.293. The first-order chi connectivity index (χ1) is 9.49. The highest BCUT2D eigenvalue weighted by Crippen LogP contribution is 2.35. The van der Waals surface area contributed by atoms with Crippen LogP contribution in [0.1, 0.15) is 33.1 Å². The third-order valence-corrected chi connectivity index (χ3v) is 5.93. The Morgan fingerprint density at radius 2 is 1.95 bits per heavy atom. The lowest BCUT2D eigenvalue weighted by Gasteiger charge is -2.39. The Kier molecular flexibility index (Phi) is 5.37. The second-order valence-corrected chi connectivity index (χ2v) is 8.42. The SMILES string of the molecule is COCC1(C(=O)N2CCSC(C)(C)CC2)CCNCC1. The van der Waals surface area contributed by atoms with E-state index in [-0.39, 0.29) is 10.2 Å². The van der Waals surface area contributed by atoms with Gasteiger partial charge in [0.1, 0.15) is 0 Å². The van der Waals surface area contributed by atoms with Gasteiger partial charge in [-0.2, -0.15) is 11.8 Å². The lowest BCUT2D eigenvalue weighted by molar-refractivity contribution is -0.147. The van der Waals surface area contributed by atoms with Crippen molar-refractivity contribution in [2.45, 2.75) is 37.9 Å². The molecule has 0 atom stereocenters. The number of piperidine rings is 1.